The smallest absolute Gasteiger partial charge is 0.159 e. The van der Waals surface area contributed by atoms with Gasteiger partial charge in [-0.3, -0.25) is 4.79 Å². The molecule has 4 aliphatic carbocycles. The number of carbonyl (C=O) groups excluding carboxylic acids is 1. The summed E-state index contributed by atoms with van der Waals surface area (Å²) >= 11 is 0. The zero-order chi connectivity index (χ0) is 25.5. The van der Waals surface area contributed by atoms with Crippen molar-refractivity contribution in [1.29, 1.82) is 0 Å². The van der Waals surface area contributed by atoms with E-state index in [0.29, 0.717) is 44.1 Å². The van der Waals surface area contributed by atoms with Gasteiger partial charge in [-0.15, -0.1) is 0 Å². The van der Waals surface area contributed by atoms with Gasteiger partial charge in [0, 0.05) is 11.3 Å². The topological polar surface area (TPSA) is 138 Å². The number of aliphatic hydroxyl groups excluding tert-OH is 3. The highest BCUT2D eigenvalue weighted by atomic mass is 16.3. The molecular formula is C27H44O7. The number of rotatable bonds is 5. The number of hydrogen-bond donors (Lipinski definition) is 6. The predicted molar refractivity (Wildman–Crippen MR) is 127 cm³/mol. The lowest BCUT2D eigenvalue weighted by molar-refractivity contribution is -0.177. The number of aliphatic hydroxyl groups is 6. The molecule has 194 valence electrons. The predicted octanol–water partition coefficient (Wildman–Crippen LogP) is 1.85. The maximum absolute atomic E-state index is 13.2. The van der Waals surface area contributed by atoms with E-state index in [1.807, 2.05) is 13.8 Å². The third-order valence-corrected chi connectivity index (χ3v) is 10.5. The summed E-state index contributed by atoms with van der Waals surface area (Å²) in [6, 6.07) is 0. The van der Waals surface area contributed by atoms with E-state index in [1.165, 1.54) is 0 Å². The van der Waals surface area contributed by atoms with Crippen LogP contribution in [0.3, 0.4) is 0 Å². The molecule has 3 fully saturated rings. The Morgan fingerprint density at radius 2 is 1.71 bits per heavy atom. The molecule has 10 atom stereocenters. The van der Waals surface area contributed by atoms with E-state index in [-0.39, 0.29) is 36.4 Å². The minimum absolute atomic E-state index is 0.0840. The Labute approximate surface area is 202 Å². The van der Waals surface area contributed by atoms with E-state index >= 15 is 0 Å². The zero-order valence-electron chi connectivity index (χ0n) is 21.3. The molecule has 3 saturated carbocycles. The van der Waals surface area contributed by atoms with Crippen LogP contribution in [0.5, 0.6) is 0 Å². The molecule has 0 radical (unpaired) electrons. The van der Waals surface area contributed by atoms with Crippen molar-refractivity contribution in [2.75, 3.05) is 0 Å². The zero-order valence-corrected chi connectivity index (χ0v) is 21.3. The highest BCUT2D eigenvalue weighted by Gasteiger charge is 2.69. The van der Waals surface area contributed by atoms with Crippen LogP contribution in [0.25, 0.3) is 0 Å². The van der Waals surface area contributed by atoms with Crippen molar-refractivity contribution >= 4 is 5.78 Å². The Morgan fingerprint density at radius 1 is 1.06 bits per heavy atom. The Hall–Kier alpha value is -0.830. The molecule has 2 unspecified atom stereocenters. The molecule has 0 spiro atoms. The molecule has 0 bridgehead atoms. The minimum Gasteiger partial charge on any atom is -0.390 e. The molecular weight excluding hydrogens is 436 g/mol. The van der Waals surface area contributed by atoms with Gasteiger partial charge in [0.25, 0.3) is 0 Å². The van der Waals surface area contributed by atoms with Gasteiger partial charge in [0.1, 0.15) is 0 Å². The van der Waals surface area contributed by atoms with Crippen LogP contribution in [-0.4, -0.2) is 71.5 Å². The van der Waals surface area contributed by atoms with Crippen molar-refractivity contribution in [2.24, 2.45) is 28.6 Å². The van der Waals surface area contributed by atoms with Crippen molar-refractivity contribution < 1.29 is 35.4 Å². The van der Waals surface area contributed by atoms with Gasteiger partial charge < -0.3 is 30.6 Å². The third-order valence-electron chi connectivity index (χ3n) is 10.5. The van der Waals surface area contributed by atoms with Crippen LogP contribution in [0.2, 0.25) is 0 Å². The molecule has 0 amide bonds. The first-order chi connectivity index (χ1) is 15.5. The average Bonchev–Trinajstić information content (AvgIpc) is 3.00. The first-order valence-electron chi connectivity index (χ1n) is 12.9. The van der Waals surface area contributed by atoms with Crippen molar-refractivity contribution in [1.82, 2.24) is 0 Å². The molecule has 34 heavy (non-hydrogen) atoms. The van der Waals surface area contributed by atoms with Crippen molar-refractivity contribution in [3.63, 3.8) is 0 Å². The molecule has 7 nitrogen and oxygen atoms in total. The van der Waals surface area contributed by atoms with E-state index in [1.54, 1.807) is 26.8 Å². The van der Waals surface area contributed by atoms with Gasteiger partial charge in [0.2, 0.25) is 0 Å². The SMILES string of the molecule is CC(C)(O)CC[C@@H](O)[C@](C)(O)[C@H]1CC[C@@]2(O)C3=CC(=O)[C@@H]4C[C@@H](O)[C@@H](O)CC4(C)[C@H]3CCC12C. The number of hydrogen-bond acceptors (Lipinski definition) is 7. The summed E-state index contributed by atoms with van der Waals surface area (Å²) in [7, 11) is 0. The summed E-state index contributed by atoms with van der Waals surface area (Å²) in [5.41, 5.74) is -4.27. The number of ketones is 1. The lowest BCUT2D eigenvalue weighted by atomic mass is 9.45. The van der Waals surface area contributed by atoms with Gasteiger partial charge in [0.05, 0.1) is 35.1 Å². The lowest BCUT2D eigenvalue weighted by Crippen LogP contribution is -2.62. The van der Waals surface area contributed by atoms with E-state index < -0.39 is 45.9 Å². The van der Waals surface area contributed by atoms with E-state index in [9.17, 15) is 35.4 Å². The van der Waals surface area contributed by atoms with E-state index in [0.717, 1.165) is 0 Å². The lowest BCUT2D eigenvalue weighted by Gasteiger charge is -2.60. The Balaban J connectivity index is 1.66. The number of fused-ring (bicyclic) bond motifs is 5. The Morgan fingerprint density at radius 3 is 2.32 bits per heavy atom. The van der Waals surface area contributed by atoms with Crippen LogP contribution in [-0.2, 0) is 4.79 Å². The third kappa shape index (κ3) is 3.73. The minimum atomic E-state index is -1.46. The van der Waals surface area contributed by atoms with Crippen LogP contribution in [0.1, 0.15) is 86.0 Å². The molecule has 0 aromatic heterocycles. The Bertz CT molecular complexity index is 860. The Kier molecular flexibility index (Phi) is 6.24. The normalized spacial score (nSPS) is 47.2. The molecule has 0 saturated heterocycles. The highest BCUT2D eigenvalue weighted by Crippen LogP contribution is 2.68. The standard InChI is InChI=1S/C27H44O7/c1-23(2,32)9-8-22(31)26(5,33)21-7-11-27(34)16-12-18(28)17-13-19(29)20(30)14-24(17,3)15(16)6-10-25(21,27)4/h12,15,17,19-22,29-34H,6-11,13-14H2,1-5H3/t15-,17-,19+,20-,21-,22+,24?,25?,26+,27+/m0/s1. The quantitative estimate of drug-likeness (QED) is 0.353. The van der Waals surface area contributed by atoms with Crippen molar-refractivity contribution in [3.05, 3.63) is 11.6 Å². The fraction of sp³-hybridized carbons (Fsp3) is 0.889. The van der Waals surface area contributed by atoms with Gasteiger partial charge in [-0.2, -0.15) is 0 Å². The van der Waals surface area contributed by atoms with Gasteiger partial charge in [-0.1, -0.05) is 13.8 Å². The number of carbonyl (C=O) groups is 1. The highest BCUT2D eigenvalue weighted by molar-refractivity contribution is 5.95. The summed E-state index contributed by atoms with van der Waals surface area (Å²) in [5, 5.41) is 65.5. The van der Waals surface area contributed by atoms with Crippen LogP contribution >= 0.6 is 0 Å². The fourth-order valence-electron chi connectivity index (χ4n) is 8.32. The van der Waals surface area contributed by atoms with Crippen LogP contribution in [0.4, 0.5) is 0 Å². The van der Waals surface area contributed by atoms with Crippen molar-refractivity contribution in [3.8, 4) is 0 Å². The van der Waals surface area contributed by atoms with Gasteiger partial charge in [-0.25, -0.2) is 0 Å². The molecule has 0 aromatic rings. The maximum atomic E-state index is 13.2. The summed E-state index contributed by atoms with van der Waals surface area (Å²) < 4.78 is 0. The monoisotopic (exact) mass is 480 g/mol. The molecule has 7 heteroatoms. The summed E-state index contributed by atoms with van der Waals surface area (Å²) in [4.78, 5) is 13.2. The molecule has 4 aliphatic rings. The second-order valence-corrected chi connectivity index (χ2v) is 13.2. The molecule has 0 aromatic carbocycles. The molecule has 0 heterocycles. The van der Waals surface area contributed by atoms with E-state index in [4.69, 9.17) is 0 Å². The van der Waals surface area contributed by atoms with Crippen LogP contribution in [0.15, 0.2) is 11.6 Å². The molecule has 0 aliphatic heterocycles. The van der Waals surface area contributed by atoms with Gasteiger partial charge >= 0.3 is 0 Å². The summed E-state index contributed by atoms with van der Waals surface area (Å²) in [6.07, 6.45) is 2.11. The second kappa shape index (κ2) is 8.09. The molecule has 4 rings (SSSR count). The summed E-state index contributed by atoms with van der Waals surface area (Å²) in [6.45, 7) is 8.96. The van der Waals surface area contributed by atoms with Gasteiger partial charge in [-0.05, 0) is 101 Å². The second-order valence-electron chi connectivity index (χ2n) is 13.2. The molecule has 6 N–H and O–H groups in total. The largest absolute Gasteiger partial charge is 0.390 e. The van der Waals surface area contributed by atoms with E-state index in [2.05, 4.69) is 0 Å². The van der Waals surface area contributed by atoms with Crippen molar-refractivity contribution in [2.45, 2.75) is 121 Å². The average molecular weight is 481 g/mol. The van der Waals surface area contributed by atoms with Gasteiger partial charge in [0.15, 0.2) is 5.78 Å². The van der Waals surface area contributed by atoms with Crippen LogP contribution < -0.4 is 0 Å². The number of allylic oxidation sites excluding steroid dienone is 1. The first-order valence-corrected chi connectivity index (χ1v) is 12.9. The first kappa shape index (κ1) is 26.2. The maximum Gasteiger partial charge on any atom is 0.159 e. The summed E-state index contributed by atoms with van der Waals surface area (Å²) in [5.74, 6) is -0.948. The van der Waals surface area contributed by atoms with Crippen LogP contribution in [0, 0.1) is 28.6 Å². The fourth-order valence-corrected chi connectivity index (χ4v) is 8.32.